The van der Waals surface area contributed by atoms with Gasteiger partial charge in [0.15, 0.2) is 0 Å². The van der Waals surface area contributed by atoms with Crippen LogP contribution in [0.5, 0.6) is 16.7 Å². The first-order valence-electron chi connectivity index (χ1n) is 17.5. The fraction of sp³-hybridized carbons (Fsp3) is 0.500. The minimum absolute atomic E-state index is 0.116. The molecule has 0 bridgehead atoms. The summed E-state index contributed by atoms with van der Waals surface area (Å²) < 4.78 is 45.8. The van der Waals surface area contributed by atoms with Crippen LogP contribution in [-0.4, -0.2) is 85.8 Å². The molecule has 51 heavy (non-hydrogen) atoms. The second-order valence-electron chi connectivity index (χ2n) is 13.7. The molecule has 7 rings (SSSR count). The number of sulfonamides is 1. The van der Waals surface area contributed by atoms with Crippen molar-refractivity contribution in [3.63, 3.8) is 0 Å². The highest BCUT2D eigenvalue weighted by atomic mass is 32.2. The molecule has 2 aliphatic heterocycles. The van der Waals surface area contributed by atoms with Crippen molar-refractivity contribution >= 4 is 55.0 Å². The molecule has 3 fully saturated rings. The standard InChI is InChI=1S/C36H43N5O8S2/c1-47-24-11-8-10-23(17-24)37-29-12-7-5-3-4-6-9-22-20-36(22,34(44)40-51(45,46)27-14-15-27)39-32(42)30-18-26(21-41(30)33(29)43)49-35-38-28-16-13-25(48-2)19-31(28)50-35/h6,8-11,13,16-17,19,22,26-27,29-30,37H,3-5,7,12,14-15,18,20-21H2,1-2H3,(H,39,42)(H,40,44)/b9-6-/t22-,26+,29-,30-,36+/m0/s1. The van der Waals surface area contributed by atoms with Gasteiger partial charge >= 0.3 is 0 Å². The number of carbonyl (C=O) groups excluding carboxylic acids is 3. The number of thiazole rings is 1. The number of hydrogen-bond acceptors (Lipinski definition) is 11. The minimum atomic E-state index is -3.85. The Morgan fingerprint density at radius 2 is 1.84 bits per heavy atom. The number of anilines is 1. The van der Waals surface area contributed by atoms with Gasteiger partial charge in [0.2, 0.25) is 21.8 Å². The second-order valence-corrected chi connectivity index (χ2v) is 16.7. The number of aromatic nitrogens is 1. The van der Waals surface area contributed by atoms with Crippen LogP contribution < -0.4 is 29.6 Å². The molecule has 5 atom stereocenters. The Balaban J connectivity index is 1.18. The molecule has 0 spiro atoms. The molecule has 13 nitrogen and oxygen atoms in total. The number of carbonyl (C=O) groups is 3. The molecule has 272 valence electrons. The number of hydrogen-bond donors (Lipinski definition) is 3. The van der Waals surface area contributed by atoms with Crippen molar-refractivity contribution in [1.82, 2.24) is 19.9 Å². The molecule has 4 aliphatic rings. The molecule has 3 heterocycles. The number of amides is 3. The summed E-state index contributed by atoms with van der Waals surface area (Å²) in [5.74, 6) is -0.587. The van der Waals surface area contributed by atoms with Gasteiger partial charge in [0.25, 0.3) is 11.1 Å². The van der Waals surface area contributed by atoms with E-state index in [0.29, 0.717) is 41.6 Å². The summed E-state index contributed by atoms with van der Waals surface area (Å²) in [5.41, 5.74) is 0.00925. The molecular formula is C36H43N5O8S2. The van der Waals surface area contributed by atoms with Gasteiger partial charge < -0.3 is 29.7 Å². The number of ether oxygens (including phenoxy) is 3. The van der Waals surface area contributed by atoms with E-state index in [9.17, 15) is 22.8 Å². The van der Waals surface area contributed by atoms with Gasteiger partial charge in [-0.3, -0.25) is 19.1 Å². The normalized spacial score (nSPS) is 27.6. The van der Waals surface area contributed by atoms with Gasteiger partial charge in [-0.1, -0.05) is 42.4 Å². The topological polar surface area (TPSA) is 165 Å². The molecule has 0 unspecified atom stereocenters. The average molecular weight is 738 g/mol. The maximum atomic E-state index is 14.6. The van der Waals surface area contributed by atoms with E-state index in [2.05, 4.69) is 20.3 Å². The second kappa shape index (κ2) is 14.3. The van der Waals surface area contributed by atoms with Crippen LogP contribution >= 0.6 is 11.3 Å². The van der Waals surface area contributed by atoms with Crippen molar-refractivity contribution in [1.29, 1.82) is 0 Å². The van der Waals surface area contributed by atoms with Crippen LogP contribution in [0, 0.1) is 5.92 Å². The van der Waals surface area contributed by atoms with Gasteiger partial charge in [-0.05, 0) is 68.9 Å². The summed E-state index contributed by atoms with van der Waals surface area (Å²) in [5, 5.41) is 6.13. The summed E-state index contributed by atoms with van der Waals surface area (Å²) in [7, 11) is -0.673. The first-order chi connectivity index (χ1) is 24.6. The van der Waals surface area contributed by atoms with Crippen LogP contribution in [0.15, 0.2) is 54.6 Å². The van der Waals surface area contributed by atoms with E-state index in [1.54, 1.807) is 14.2 Å². The van der Waals surface area contributed by atoms with Crippen molar-refractivity contribution < 1.29 is 37.0 Å². The van der Waals surface area contributed by atoms with Crippen molar-refractivity contribution in [3.05, 3.63) is 54.6 Å². The summed E-state index contributed by atoms with van der Waals surface area (Å²) >= 11 is 1.35. The SMILES string of the molecule is COc1cccc(N[C@H]2CCCCC/C=C\[C@H]3C[C@@]3(C(=O)NS(=O)(=O)C3CC3)NC(=O)[C@@H]3C[C@@H](Oc4nc5ccc(OC)cc5s4)CN3C2=O)c1. The van der Waals surface area contributed by atoms with E-state index in [4.69, 9.17) is 14.2 Å². The van der Waals surface area contributed by atoms with Gasteiger partial charge in [0.1, 0.15) is 35.2 Å². The van der Waals surface area contributed by atoms with Gasteiger partial charge in [-0.2, -0.15) is 0 Å². The fourth-order valence-electron chi connectivity index (χ4n) is 6.97. The highest BCUT2D eigenvalue weighted by Crippen LogP contribution is 2.46. The molecule has 0 radical (unpaired) electrons. The van der Waals surface area contributed by atoms with E-state index in [1.165, 1.54) is 16.2 Å². The van der Waals surface area contributed by atoms with Crippen LogP contribution in [0.3, 0.4) is 0 Å². The van der Waals surface area contributed by atoms with E-state index in [1.807, 2.05) is 54.6 Å². The van der Waals surface area contributed by atoms with Crippen LogP contribution in [0.2, 0.25) is 0 Å². The van der Waals surface area contributed by atoms with E-state index >= 15 is 0 Å². The number of rotatable bonds is 9. The highest BCUT2D eigenvalue weighted by molar-refractivity contribution is 7.91. The lowest BCUT2D eigenvalue weighted by atomic mass is 10.0. The lowest BCUT2D eigenvalue weighted by Gasteiger charge is -2.30. The van der Waals surface area contributed by atoms with Gasteiger partial charge in [-0.15, -0.1) is 0 Å². The lowest BCUT2D eigenvalue weighted by Crippen LogP contribution is -2.57. The van der Waals surface area contributed by atoms with Crippen LogP contribution in [0.1, 0.15) is 57.8 Å². The molecule has 2 saturated carbocycles. The number of benzene rings is 2. The van der Waals surface area contributed by atoms with Crippen molar-refractivity contribution in [3.8, 4) is 16.7 Å². The zero-order valence-corrected chi connectivity index (χ0v) is 30.3. The largest absolute Gasteiger partial charge is 0.497 e. The number of nitrogens with one attached hydrogen (secondary N) is 3. The Morgan fingerprint density at radius 1 is 1.04 bits per heavy atom. The zero-order chi connectivity index (χ0) is 35.8. The summed E-state index contributed by atoms with van der Waals surface area (Å²) in [6, 6.07) is 11.3. The van der Waals surface area contributed by atoms with E-state index in [-0.39, 0.29) is 31.2 Å². The first-order valence-corrected chi connectivity index (χ1v) is 19.8. The number of allylic oxidation sites excluding steroid dienone is 1. The van der Waals surface area contributed by atoms with Crippen LogP contribution in [0.25, 0.3) is 10.2 Å². The molecule has 15 heteroatoms. The molecule has 1 aromatic heterocycles. The number of methoxy groups -OCH3 is 2. The van der Waals surface area contributed by atoms with E-state index < -0.39 is 50.8 Å². The third kappa shape index (κ3) is 7.64. The maximum absolute atomic E-state index is 14.6. The lowest BCUT2D eigenvalue weighted by molar-refractivity contribution is -0.140. The predicted molar refractivity (Wildman–Crippen MR) is 192 cm³/mol. The molecule has 1 saturated heterocycles. The summed E-state index contributed by atoms with van der Waals surface area (Å²) in [6.45, 7) is 0.116. The Hall–Kier alpha value is -4.37. The molecular weight excluding hydrogens is 695 g/mol. The Kier molecular flexibility index (Phi) is 9.85. The van der Waals surface area contributed by atoms with Crippen LogP contribution in [0.4, 0.5) is 5.69 Å². The molecule has 3 amide bonds. The fourth-order valence-corrected chi connectivity index (χ4v) is 9.24. The van der Waals surface area contributed by atoms with Gasteiger partial charge in [0.05, 0.1) is 36.2 Å². The zero-order valence-electron chi connectivity index (χ0n) is 28.6. The summed E-state index contributed by atoms with van der Waals surface area (Å²) in [4.78, 5) is 48.7. The number of fused-ring (bicyclic) bond motifs is 3. The van der Waals surface area contributed by atoms with Crippen molar-refractivity contribution in [2.24, 2.45) is 5.92 Å². The molecule has 3 aromatic rings. The molecule has 2 aromatic carbocycles. The van der Waals surface area contributed by atoms with Crippen LogP contribution in [-0.2, 0) is 24.4 Å². The van der Waals surface area contributed by atoms with Crippen molar-refractivity contribution in [2.75, 3.05) is 26.1 Å². The van der Waals surface area contributed by atoms with Crippen molar-refractivity contribution in [2.45, 2.75) is 86.8 Å². The predicted octanol–water partition coefficient (Wildman–Crippen LogP) is 4.15. The Labute approximate surface area is 301 Å². The third-order valence-corrected chi connectivity index (χ3v) is 12.8. The number of nitrogens with zero attached hydrogens (tertiary/aromatic N) is 2. The van der Waals surface area contributed by atoms with Gasteiger partial charge in [0, 0.05) is 24.1 Å². The smallest absolute Gasteiger partial charge is 0.274 e. The highest BCUT2D eigenvalue weighted by Gasteiger charge is 2.62. The summed E-state index contributed by atoms with van der Waals surface area (Å²) in [6.07, 6.45) is 8.56. The average Bonchev–Trinajstić information content (AvgIpc) is 4.01. The maximum Gasteiger partial charge on any atom is 0.274 e. The van der Waals surface area contributed by atoms with E-state index in [0.717, 1.165) is 35.9 Å². The third-order valence-electron chi connectivity index (χ3n) is 10.1. The first kappa shape index (κ1) is 35.1. The molecule has 2 aliphatic carbocycles. The Bertz CT molecular complexity index is 1950. The van der Waals surface area contributed by atoms with Gasteiger partial charge in [-0.25, -0.2) is 13.4 Å². The Morgan fingerprint density at radius 3 is 2.63 bits per heavy atom. The monoisotopic (exact) mass is 737 g/mol. The quantitative estimate of drug-likeness (QED) is 0.272. The minimum Gasteiger partial charge on any atom is -0.497 e. The molecule has 3 N–H and O–H groups in total.